The third-order valence-electron chi connectivity index (χ3n) is 0.848. The van der Waals surface area contributed by atoms with E-state index in [4.69, 9.17) is 28.3 Å². The number of carbonyl (C=O) groups excluding carboxylic acids is 1. The number of carboxylic acid groups (broad SMARTS) is 1. The molecule has 0 atom stereocenters. The summed E-state index contributed by atoms with van der Waals surface area (Å²) in [5.74, 6) is -1.43. The summed E-state index contributed by atoms with van der Waals surface area (Å²) in [6, 6.07) is 0. The number of carbonyl (C=O) groups is 2. The van der Waals surface area contributed by atoms with Crippen molar-refractivity contribution < 1.29 is 19.4 Å². The standard InChI is InChI=1S/C6H10O4.CH2Cl2/c1-2-10-6(9)4-3-5(7)8;2-1-3/h2-4H2,1H3,(H,7,8);1H2. The fourth-order valence-corrected chi connectivity index (χ4v) is 0.442. The highest BCUT2D eigenvalue weighted by Gasteiger charge is 2.04. The zero-order valence-electron chi connectivity index (χ0n) is 7.26. The summed E-state index contributed by atoms with van der Waals surface area (Å²) in [6.45, 7) is 1.98. The van der Waals surface area contributed by atoms with Crippen LogP contribution in [-0.2, 0) is 14.3 Å². The Labute approximate surface area is 86.8 Å². The van der Waals surface area contributed by atoms with Crippen molar-refractivity contribution in [3.05, 3.63) is 0 Å². The van der Waals surface area contributed by atoms with Gasteiger partial charge in [-0.25, -0.2) is 0 Å². The smallest absolute Gasteiger partial charge is 0.306 e. The molecule has 0 aromatic heterocycles. The van der Waals surface area contributed by atoms with Gasteiger partial charge < -0.3 is 9.84 Å². The highest BCUT2D eigenvalue weighted by atomic mass is 35.5. The van der Waals surface area contributed by atoms with Crippen LogP contribution in [0.2, 0.25) is 0 Å². The Bertz CT molecular complexity index is 149. The summed E-state index contributed by atoms with van der Waals surface area (Å²) in [5, 5.41) is 8.32. The normalized spacial score (nSPS) is 8.23. The highest BCUT2D eigenvalue weighted by Crippen LogP contribution is 1.91. The lowest BCUT2D eigenvalue weighted by Gasteiger charge is -1.97. The van der Waals surface area contributed by atoms with Crippen molar-refractivity contribution in [2.75, 3.05) is 11.9 Å². The van der Waals surface area contributed by atoms with Gasteiger partial charge in [0.15, 0.2) is 0 Å². The van der Waals surface area contributed by atoms with Crippen molar-refractivity contribution in [1.82, 2.24) is 0 Å². The van der Waals surface area contributed by atoms with Gasteiger partial charge in [-0.1, -0.05) is 0 Å². The molecule has 0 aliphatic heterocycles. The molecule has 0 saturated carbocycles. The SMILES string of the molecule is CCOC(=O)CCC(=O)O.ClCCl. The fraction of sp³-hybridized carbons (Fsp3) is 0.714. The van der Waals surface area contributed by atoms with Crippen molar-refractivity contribution in [3.8, 4) is 0 Å². The third kappa shape index (κ3) is 18.5. The number of halogens is 2. The summed E-state index contributed by atoms with van der Waals surface area (Å²) in [5.41, 5.74) is 0. The van der Waals surface area contributed by atoms with Gasteiger partial charge in [-0.15, -0.1) is 23.2 Å². The average molecular weight is 231 g/mol. The molecule has 0 aliphatic carbocycles. The maximum Gasteiger partial charge on any atom is 0.306 e. The van der Waals surface area contributed by atoms with E-state index in [1.807, 2.05) is 0 Å². The first-order valence-corrected chi connectivity index (χ1v) is 4.64. The van der Waals surface area contributed by atoms with E-state index < -0.39 is 11.9 Å². The lowest BCUT2D eigenvalue weighted by atomic mass is 10.3. The molecule has 6 heteroatoms. The summed E-state index contributed by atoms with van der Waals surface area (Å²) in [4.78, 5) is 20.4. The molecule has 4 nitrogen and oxygen atoms in total. The molecule has 0 aliphatic rings. The van der Waals surface area contributed by atoms with E-state index in [1.54, 1.807) is 6.92 Å². The first-order valence-electron chi connectivity index (χ1n) is 3.57. The second-order valence-corrected chi connectivity index (χ2v) is 2.61. The first kappa shape index (κ1) is 15.0. The summed E-state index contributed by atoms with van der Waals surface area (Å²) in [6.07, 6.45) is -0.192. The Hall–Kier alpha value is -0.480. The Morgan fingerprint density at radius 1 is 1.31 bits per heavy atom. The van der Waals surface area contributed by atoms with Crippen molar-refractivity contribution in [3.63, 3.8) is 0 Å². The van der Waals surface area contributed by atoms with E-state index in [1.165, 1.54) is 0 Å². The molecule has 1 N–H and O–H groups in total. The van der Waals surface area contributed by atoms with Gasteiger partial charge in [-0.2, -0.15) is 0 Å². The van der Waals surface area contributed by atoms with E-state index >= 15 is 0 Å². The average Bonchev–Trinajstić information content (AvgIpc) is 2.03. The molecule has 13 heavy (non-hydrogen) atoms. The zero-order chi connectivity index (χ0) is 10.7. The van der Waals surface area contributed by atoms with E-state index in [-0.39, 0.29) is 18.2 Å². The van der Waals surface area contributed by atoms with E-state index in [2.05, 4.69) is 4.74 Å². The largest absolute Gasteiger partial charge is 0.481 e. The molecular weight excluding hydrogens is 219 g/mol. The van der Waals surface area contributed by atoms with Gasteiger partial charge >= 0.3 is 11.9 Å². The minimum absolute atomic E-state index is 0.0385. The van der Waals surface area contributed by atoms with Crippen LogP contribution >= 0.6 is 23.2 Å². The molecule has 0 bridgehead atoms. The summed E-state index contributed by atoms with van der Waals surface area (Å²) in [7, 11) is 0. The molecule has 0 spiro atoms. The van der Waals surface area contributed by atoms with Gasteiger partial charge in [0.05, 0.1) is 24.8 Å². The number of ether oxygens (including phenoxy) is 1. The molecule has 0 aromatic carbocycles. The number of hydrogen-bond acceptors (Lipinski definition) is 3. The lowest BCUT2D eigenvalue weighted by Crippen LogP contribution is -2.06. The van der Waals surface area contributed by atoms with E-state index in [9.17, 15) is 9.59 Å². The van der Waals surface area contributed by atoms with Crippen LogP contribution in [0.3, 0.4) is 0 Å². The minimum atomic E-state index is -0.979. The van der Waals surface area contributed by atoms with E-state index in [0.29, 0.717) is 6.61 Å². The second-order valence-electron chi connectivity index (χ2n) is 1.80. The first-order chi connectivity index (χ1) is 6.08. The quantitative estimate of drug-likeness (QED) is 0.592. The number of rotatable bonds is 4. The van der Waals surface area contributed by atoms with Crippen molar-refractivity contribution in [2.45, 2.75) is 19.8 Å². The van der Waals surface area contributed by atoms with Crippen LogP contribution in [0.4, 0.5) is 0 Å². The van der Waals surface area contributed by atoms with Crippen LogP contribution in [0, 0.1) is 0 Å². The lowest BCUT2D eigenvalue weighted by molar-refractivity contribution is -0.147. The van der Waals surface area contributed by atoms with Gasteiger partial charge in [0.25, 0.3) is 0 Å². The molecule has 78 valence electrons. The fourth-order valence-electron chi connectivity index (χ4n) is 0.442. The summed E-state index contributed by atoms with van der Waals surface area (Å²) < 4.78 is 4.49. The molecule has 0 aromatic rings. The van der Waals surface area contributed by atoms with Gasteiger partial charge in [-0.3, -0.25) is 9.59 Å². The molecule has 0 amide bonds. The Balaban J connectivity index is 0. The second kappa shape index (κ2) is 11.5. The number of esters is 1. The molecule has 0 fully saturated rings. The third-order valence-corrected chi connectivity index (χ3v) is 0.848. The topological polar surface area (TPSA) is 63.6 Å². The number of alkyl halides is 2. The molecule has 0 saturated heterocycles. The van der Waals surface area contributed by atoms with Gasteiger partial charge in [0.1, 0.15) is 0 Å². The van der Waals surface area contributed by atoms with Gasteiger partial charge in [0, 0.05) is 0 Å². The maximum absolute atomic E-state index is 10.5. The molecule has 0 unspecified atom stereocenters. The van der Waals surface area contributed by atoms with Crippen LogP contribution in [0.5, 0.6) is 0 Å². The molecule has 0 heterocycles. The van der Waals surface area contributed by atoms with Crippen molar-refractivity contribution in [1.29, 1.82) is 0 Å². The zero-order valence-corrected chi connectivity index (χ0v) is 8.77. The number of carboxylic acids is 1. The van der Waals surface area contributed by atoms with Gasteiger partial charge in [-0.05, 0) is 6.92 Å². The molecule has 0 radical (unpaired) electrons. The number of aliphatic carboxylic acids is 1. The van der Waals surface area contributed by atoms with Gasteiger partial charge in [0.2, 0.25) is 0 Å². The Morgan fingerprint density at radius 2 is 1.77 bits per heavy atom. The monoisotopic (exact) mass is 230 g/mol. The van der Waals surface area contributed by atoms with Crippen molar-refractivity contribution >= 4 is 35.1 Å². The summed E-state index contributed by atoms with van der Waals surface area (Å²) >= 11 is 9.53. The Kier molecular flexibility index (Phi) is 13.3. The van der Waals surface area contributed by atoms with E-state index in [0.717, 1.165) is 0 Å². The maximum atomic E-state index is 10.5. The Morgan fingerprint density at radius 3 is 2.08 bits per heavy atom. The number of hydrogen-bond donors (Lipinski definition) is 1. The molecule has 0 rings (SSSR count). The van der Waals surface area contributed by atoms with Crippen LogP contribution < -0.4 is 0 Å². The molecular formula is C7H12Cl2O4. The van der Waals surface area contributed by atoms with Crippen LogP contribution in [-0.4, -0.2) is 29.0 Å². The minimum Gasteiger partial charge on any atom is -0.481 e. The van der Waals surface area contributed by atoms with Crippen molar-refractivity contribution in [2.24, 2.45) is 0 Å². The van der Waals surface area contributed by atoms with Crippen LogP contribution in [0.1, 0.15) is 19.8 Å². The predicted molar refractivity (Wildman–Crippen MR) is 50.1 cm³/mol. The van der Waals surface area contributed by atoms with Crippen LogP contribution in [0.25, 0.3) is 0 Å². The van der Waals surface area contributed by atoms with Crippen LogP contribution in [0.15, 0.2) is 0 Å². The predicted octanol–water partition coefficient (Wildman–Crippen LogP) is 1.84. The highest BCUT2D eigenvalue weighted by molar-refractivity contribution is 6.40.